The van der Waals surface area contributed by atoms with Crippen LogP contribution in [-0.2, 0) is 14.6 Å². The molecule has 1 unspecified atom stereocenters. The zero-order valence-corrected chi connectivity index (χ0v) is 12.3. The van der Waals surface area contributed by atoms with Gasteiger partial charge in [0.15, 0.2) is 9.84 Å². The molecule has 0 spiro atoms. The number of hydrogen-bond donors (Lipinski definition) is 1. The van der Waals surface area contributed by atoms with Gasteiger partial charge in [0.25, 0.3) is 0 Å². The fraction of sp³-hybridized carbons (Fsp3) is 0.500. The average Bonchev–Trinajstić information content (AvgIpc) is 2.41. The fourth-order valence-corrected chi connectivity index (χ4v) is 4.33. The number of nitrogens with zero attached hydrogens (tertiary/aromatic N) is 1. The van der Waals surface area contributed by atoms with Crippen LogP contribution in [0.4, 0.5) is 0 Å². The Morgan fingerprint density at radius 3 is 2.75 bits per heavy atom. The van der Waals surface area contributed by atoms with Crippen molar-refractivity contribution in [1.29, 1.82) is 0 Å². The number of carboxylic acid groups (broad SMARTS) is 1. The second kappa shape index (κ2) is 5.93. The Balaban J connectivity index is 2.31. The highest BCUT2D eigenvalue weighted by molar-refractivity contribution is 7.91. The highest BCUT2D eigenvalue weighted by Gasteiger charge is 2.32. The van der Waals surface area contributed by atoms with Crippen molar-refractivity contribution in [2.24, 2.45) is 0 Å². The molecule has 0 aromatic heterocycles. The molecule has 20 heavy (non-hydrogen) atoms. The van der Waals surface area contributed by atoms with Crippen LogP contribution >= 0.6 is 0 Å². The van der Waals surface area contributed by atoms with E-state index < -0.39 is 15.8 Å². The van der Waals surface area contributed by atoms with Crippen LogP contribution in [0.2, 0.25) is 0 Å². The van der Waals surface area contributed by atoms with Crippen molar-refractivity contribution in [3.8, 4) is 0 Å². The lowest BCUT2D eigenvalue weighted by Gasteiger charge is -2.34. The van der Waals surface area contributed by atoms with Crippen LogP contribution in [0.1, 0.15) is 31.4 Å². The maximum Gasteiger partial charge on any atom is 0.304 e. The summed E-state index contributed by atoms with van der Waals surface area (Å²) in [5.74, 6) is -0.710. The molecule has 2 rings (SSSR count). The first-order chi connectivity index (χ1) is 9.45. The number of carbonyl (C=O) groups is 1. The summed E-state index contributed by atoms with van der Waals surface area (Å²) in [5, 5.41) is 8.81. The minimum atomic E-state index is -3.19. The van der Waals surface area contributed by atoms with E-state index in [1.807, 2.05) is 24.0 Å². The van der Waals surface area contributed by atoms with Crippen LogP contribution < -0.4 is 0 Å². The number of sulfone groups is 1. The molecule has 1 aromatic rings. The third-order valence-electron chi connectivity index (χ3n) is 3.73. The summed E-state index contributed by atoms with van der Waals surface area (Å²) in [5.41, 5.74) is 0.797. The predicted octanol–water partition coefficient (Wildman–Crippen LogP) is 1.70. The maximum absolute atomic E-state index is 12.1. The lowest BCUT2D eigenvalue weighted by molar-refractivity contribution is -0.137. The molecule has 0 bridgehead atoms. The highest BCUT2D eigenvalue weighted by Crippen LogP contribution is 2.35. The van der Waals surface area contributed by atoms with Crippen LogP contribution in [0.15, 0.2) is 29.2 Å². The summed E-state index contributed by atoms with van der Waals surface area (Å²) in [4.78, 5) is 13.2. The Bertz CT molecular complexity index is 597. The normalized spacial score (nSPS) is 20.6. The zero-order valence-electron chi connectivity index (χ0n) is 11.4. The van der Waals surface area contributed by atoms with Gasteiger partial charge in [-0.15, -0.1) is 0 Å². The Kier molecular flexibility index (Phi) is 4.45. The quantitative estimate of drug-likeness (QED) is 0.895. The molecule has 0 amide bonds. The molecule has 1 aromatic carbocycles. The van der Waals surface area contributed by atoms with Crippen LogP contribution in [0.3, 0.4) is 0 Å². The van der Waals surface area contributed by atoms with Gasteiger partial charge in [-0.1, -0.05) is 25.1 Å². The third kappa shape index (κ3) is 3.02. The number of hydrogen-bond acceptors (Lipinski definition) is 4. The van der Waals surface area contributed by atoms with Crippen molar-refractivity contribution in [2.75, 3.05) is 18.8 Å². The van der Waals surface area contributed by atoms with Crippen molar-refractivity contribution in [2.45, 2.75) is 30.7 Å². The molecule has 0 aliphatic carbocycles. The lowest BCUT2D eigenvalue weighted by atomic mass is 10.0. The first-order valence-corrected chi connectivity index (χ1v) is 8.38. The smallest absolute Gasteiger partial charge is 0.304 e. The molecule has 1 atom stereocenters. The van der Waals surface area contributed by atoms with Crippen molar-refractivity contribution in [1.82, 2.24) is 4.90 Å². The number of carboxylic acids is 1. The van der Waals surface area contributed by atoms with Gasteiger partial charge in [0.2, 0.25) is 0 Å². The molecule has 5 nitrogen and oxygen atoms in total. The summed E-state index contributed by atoms with van der Waals surface area (Å²) in [7, 11) is -3.19. The van der Waals surface area contributed by atoms with Crippen LogP contribution in [0.5, 0.6) is 0 Å². The molecule has 0 saturated heterocycles. The van der Waals surface area contributed by atoms with Crippen molar-refractivity contribution < 1.29 is 18.3 Å². The number of fused-ring (bicyclic) bond motifs is 1. The molecular formula is C14H19NO4S. The van der Waals surface area contributed by atoms with Crippen molar-refractivity contribution >= 4 is 15.8 Å². The molecule has 1 aliphatic rings. The minimum absolute atomic E-state index is 0.0147. The van der Waals surface area contributed by atoms with Gasteiger partial charge in [-0.2, -0.15) is 0 Å². The lowest BCUT2D eigenvalue weighted by Crippen LogP contribution is -2.35. The van der Waals surface area contributed by atoms with Gasteiger partial charge in [-0.05, 0) is 24.6 Å². The van der Waals surface area contributed by atoms with E-state index in [0.717, 1.165) is 5.56 Å². The molecule has 0 fully saturated rings. The summed E-state index contributed by atoms with van der Waals surface area (Å²) >= 11 is 0. The molecule has 1 aliphatic heterocycles. The van der Waals surface area contributed by atoms with E-state index in [1.165, 1.54) is 0 Å². The molecule has 1 N–H and O–H groups in total. The van der Waals surface area contributed by atoms with Gasteiger partial charge in [-0.25, -0.2) is 8.42 Å². The van der Waals surface area contributed by atoms with E-state index in [2.05, 4.69) is 0 Å². The highest BCUT2D eigenvalue weighted by atomic mass is 32.2. The Labute approximate surface area is 119 Å². The maximum atomic E-state index is 12.1. The third-order valence-corrected chi connectivity index (χ3v) is 5.55. The van der Waals surface area contributed by atoms with Gasteiger partial charge in [0.1, 0.15) is 0 Å². The number of aliphatic carboxylic acids is 1. The van der Waals surface area contributed by atoms with Crippen molar-refractivity contribution in [3.05, 3.63) is 29.8 Å². The minimum Gasteiger partial charge on any atom is -0.481 e. The van der Waals surface area contributed by atoms with E-state index >= 15 is 0 Å². The predicted molar refractivity (Wildman–Crippen MR) is 75.4 cm³/mol. The summed E-state index contributed by atoms with van der Waals surface area (Å²) in [6, 6.07) is 7.02. The van der Waals surface area contributed by atoms with Gasteiger partial charge in [-0.3, -0.25) is 9.69 Å². The summed E-state index contributed by atoms with van der Waals surface area (Å²) in [6.45, 7) is 3.10. The SMILES string of the molecule is CCN(CCC(=O)O)C1CCS(=O)(=O)c2ccccc21. The molecule has 0 radical (unpaired) electrons. The monoisotopic (exact) mass is 297 g/mol. The van der Waals surface area contributed by atoms with E-state index in [4.69, 9.17) is 5.11 Å². The molecule has 0 saturated carbocycles. The van der Waals surface area contributed by atoms with E-state index in [0.29, 0.717) is 24.4 Å². The molecular weight excluding hydrogens is 278 g/mol. The Morgan fingerprint density at radius 2 is 2.10 bits per heavy atom. The number of rotatable bonds is 5. The van der Waals surface area contributed by atoms with Gasteiger partial charge >= 0.3 is 5.97 Å². The van der Waals surface area contributed by atoms with Crippen molar-refractivity contribution in [3.63, 3.8) is 0 Å². The second-order valence-electron chi connectivity index (χ2n) is 4.93. The topological polar surface area (TPSA) is 74.7 Å². The van der Waals surface area contributed by atoms with Gasteiger partial charge in [0, 0.05) is 12.6 Å². The molecule has 110 valence electrons. The molecule has 1 heterocycles. The van der Waals surface area contributed by atoms with Crippen LogP contribution in [0.25, 0.3) is 0 Å². The van der Waals surface area contributed by atoms with E-state index in [9.17, 15) is 13.2 Å². The number of benzene rings is 1. The van der Waals surface area contributed by atoms with Crippen LogP contribution in [0, 0.1) is 0 Å². The molecule has 6 heteroatoms. The largest absolute Gasteiger partial charge is 0.481 e. The first kappa shape index (κ1) is 15.0. The summed E-state index contributed by atoms with van der Waals surface area (Å²) in [6.07, 6.45) is 0.589. The average molecular weight is 297 g/mol. The van der Waals surface area contributed by atoms with E-state index in [-0.39, 0.29) is 18.2 Å². The fourth-order valence-electron chi connectivity index (χ4n) is 2.72. The standard InChI is InChI=1S/C14H19NO4S/c1-2-15(9-7-14(16)17)12-8-10-20(18,19)13-6-4-3-5-11(12)13/h3-6,12H,2,7-10H2,1H3,(H,16,17). The summed E-state index contributed by atoms with van der Waals surface area (Å²) < 4.78 is 24.2. The zero-order chi connectivity index (χ0) is 14.8. The van der Waals surface area contributed by atoms with Crippen LogP contribution in [-0.4, -0.2) is 43.2 Å². The Morgan fingerprint density at radius 1 is 1.40 bits per heavy atom. The van der Waals surface area contributed by atoms with Gasteiger partial charge in [0.05, 0.1) is 17.1 Å². The van der Waals surface area contributed by atoms with E-state index in [1.54, 1.807) is 12.1 Å². The van der Waals surface area contributed by atoms with Gasteiger partial charge < -0.3 is 5.11 Å². The second-order valence-corrected chi connectivity index (χ2v) is 7.01. The first-order valence-electron chi connectivity index (χ1n) is 6.73. The Hall–Kier alpha value is -1.40.